The van der Waals surface area contributed by atoms with Crippen LogP contribution < -0.4 is 0 Å². The number of hydrogen-bond donors (Lipinski definition) is 0. The number of nitrogens with zero attached hydrogens (tertiary/aromatic N) is 2. The van der Waals surface area contributed by atoms with Crippen LogP contribution in [0.5, 0.6) is 0 Å². The number of amides is 1. The molecule has 4 nitrogen and oxygen atoms in total. The number of ether oxygens (including phenoxy) is 1. The van der Waals surface area contributed by atoms with Crippen LogP contribution in [0.1, 0.15) is 27.2 Å². The van der Waals surface area contributed by atoms with Gasteiger partial charge in [0.1, 0.15) is 5.84 Å². The fourth-order valence-corrected chi connectivity index (χ4v) is 1.90. The zero-order valence-electron chi connectivity index (χ0n) is 8.70. The van der Waals surface area contributed by atoms with Crippen molar-refractivity contribution in [3.63, 3.8) is 0 Å². The van der Waals surface area contributed by atoms with E-state index in [9.17, 15) is 4.79 Å². The van der Waals surface area contributed by atoms with E-state index in [0.29, 0.717) is 6.61 Å². The largest absolute Gasteiger partial charge is 0.448 e. The van der Waals surface area contributed by atoms with Gasteiger partial charge in [0.15, 0.2) is 0 Å². The summed E-state index contributed by atoms with van der Waals surface area (Å²) in [6.45, 7) is 6.40. The van der Waals surface area contributed by atoms with E-state index in [4.69, 9.17) is 4.74 Å². The summed E-state index contributed by atoms with van der Waals surface area (Å²) in [5, 5.41) is 0. The van der Waals surface area contributed by atoms with Crippen LogP contribution in [0, 0.1) is 0 Å². The molecule has 0 N–H and O–H groups in total. The minimum atomic E-state index is -0.293. The molecule has 0 bridgehead atoms. The maximum atomic E-state index is 11.5. The van der Waals surface area contributed by atoms with Gasteiger partial charge in [-0.2, -0.15) is 0 Å². The Morgan fingerprint density at radius 2 is 2.21 bits per heavy atom. The van der Waals surface area contributed by atoms with Gasteiger partial charge in [0.05, 0.1) is 12.6 Å². The number of aliphatic imine (C=N–C) groups is 1. The molecule has 1 atom stereocenters. The van der Waals surface area contributed by atoms with Crippen LogP contribution >= 0.6 is 0 Å². The van der Waals surface area contributed by atoms with Crippen molar-refractivity contribution < 1.29 is 9.53 Å². The lowest BCUT2D eigenvalue weighted by Gasteiger charge is -2.34. The highest BCUT2D eigenvalue weighted by Gasteiger charge is 2.32. The highest BCUT2D eigenvalue weighted by atomic mass is 16.6. The maximum Gasteiger partial charge on any atom is 0.419 e. The lowest BCUT2D eigenvalue weighted by molar-refractivity contribution is 0.110. The molecule has 0 aromatic heterocycles. The van der Waals surface area contributed by atoms with Gasteiger partial charge in [-0.1, -0.05) is 0 Å². The third-order valence-electron chi connectivity index (χ3n) is 2.80. The van der Waals surface area contributed by atoms with Gasteiger partial charge in [-0.15, -0.1) is 0 Å². The lowest BCUT2D eigenvalue weighted by atomic mass is 10.0. The summed E-state index contributed by atoms with van der Waals surface area (Å²) < 4.78 is 4.97. The normalized spacial score (nSPS) is 27.1. The van der Waals surface area contributed by atoms with Crippen molar-refractivity contribution in [3.05, 3.63) is 11.3 Å². The molecule has 0 radical (unpaired) electrons. The van der Waals surface area contributed by atoms with Crippen molar-refractivity contribution in [1.82, 2.24) is 4.90 Å². The Hall–Kier alpha value is -1.32. The number of hydrogen-bond acceptors (Lipinski definition) is 3. The number of carbonyl (C=O) groups excluding carboxylic acids is 1. The molecular formula is C10H14N2O2. The summed E-state index contributed by atoms with van der Waals surface area (Å²) in [7, 11) is 0. The van der Waals surface area contributed by atoms with Crippen LogP contribution in [0.15, 0.2) is 16.3 Å². The molecule has 1 amide bonds. The first-order valence-electron chi connectivity index (χ1n) is 4.82. The van der Waals surface area contributed by atoms with Gasteiger partial charge in [0.25, 0.3) is 0 Å². The maximum absolute atomic E-state index is 11.5. The molecule has 1 saturated heterocycles. The highest BCUT2D eigenvalue weighted by molar-refractivity contribution is 5.97. The third-order valence-corrected chi connectivity index (χ3v) is 2.80. The molecule has 2 heterocycles. The second-order valence-corrected chi connectivity index (χ2v) is 3.68. The van der Waals surface area contributed by atoms with Crippen LogP contribution in [0.3, 0.4) is 0 Å². The average Bonchev–Trinajstić information content (AvgIpc) is 2.14. The van der Waals surface area contributed by atoms with Crippen molar-refractivity contribution in [2.75, 3.05) is 6.61 Å². The number of cyclic esters (lactones) is 1. The Morgan fingerprint density at radius 1 is 1.50 bits per heavy atom. The molecule has 0 spiro atoms. The molecule has 0 aromatic carbocycles. The highest BCUT2D eigenvalue weighted by Crippen LogP contribution is 2.27. The molecule has 14 heavy (non-hydrogen) atoms. The first kappa shape index (κ1) is 9.24. The lowest BCUT2D eigenvalue weighted by Crippen LogP contribution is -2.43. The van der Waals surface area contributed by atoms with E-state index in [1.807, 2.05) is 20.8 Å². The summed E-state index contributed by atoms with van der Waals surface area (Å²) >= 11 is 0. The Balaban J connectivity index is 2.43. The molecule has 0 aromatic rings. The minimum absolute atomic E-state index is 0.187. The molecule has 0 aliphatic carbocycles. The fourth-order valence-electron chi connectivity index (χ4n) is 1.90. The average molecular weight is 194 g/mol. The predicted molar refractivity (Wildman–Crippen MR) is 53.1 cm³/mol. The van der Waals surface area contributed by atoms with Gasteiger partial charge in [-0.25, -0.2) is 9.69 Å². The van der Waals surface area contributed by atoms with Crippen LogP contribution in [0.4, 0.5) is 4.79 Å². The molecule has 1 unspecified atom stereocenters. The summed E-state index contributed by atoms with van der Waals surface area (Å²) in [5.74, 6) is 0.739. The molecule has 2 aliphatic heterocycles. The minimum Gasteiger partial charge on any atom is -0.448 e. The first-order chi connectivity index (χ1) is 6.61. The Labute approximate surface area is 83.3 Å². The molecule has 4 heteroatoms. The smallest absolute Gasteiger partial charge is 0.419 e. The molecular weight excluding hydrogens is 180 g/mol. The standard InChI is InChI=1S/C10H14N2O2/c1-6-7(2)11-8(3)12-9(6)4-5-14-10(12)13/h7H,4-5H2,1-3H3. The second kappa shape index (κ2) is 3.12. The van der Waals surface area contributed by atoms with Gasteiger partial charge < -0.3 is 4.74 Å². The zero-order chi connectivity index (χ0) is 10.3. The number of fused-ring (bicyclic) bond motifs is 1. The van der Waals surface area contributed by atoms with Crippen molar-refractivity contribution in [2.24, 2.45) is 4.99 Å². The van der Waals surface area contributed by atoms with Crippen LogP contribution in [0.2, 0.25) is 0 Å². The topological polar surface area (TPSA) is 41.9 Å². The van der Waals surface area contributed by atoms with Gasteiger partial charge in [0.2, 0.25) is 0 Å². The first-order valence-corrected chi connectivity index (χ1v) is 4.82. The van der Waals surface area contributed by atoms with E-state index in [2.05, 4.69) is 4.99 Å². The molecule has 1 fully saturated rings. The Bertz CT molecular complexity index is 344. The van der Waals surface area contributed by atoms with Gasteiger partial charge in [0, 0.05) is 12.1 Å². The Kier molecular flexibility index (Phi) is 2.06. The summed E-state index contributed by atoms with van der Waals surface area (Å²) in [6.07, 6.45) is 0.508. The van der Waals surface area contributed by atoms with E-state index >= 15 is 0 Å². The van der Waals surface area contributed by atoms with E-state index in [1.54, 1.807) is 4.90 Å². The molecule has 2 rings (SSSR count). The van der Waals surface area contributed by atoms with Crippen LogP contribution in [0.25, 0.3) is 0 Å². The molecule has 2 aliphatic rings. The van der Waals surface area contributed by atoms with Crippen LogP contribution in [-0.2, 0) is 4.74 Å². The molecule has 0 saturated carbocycles. The molecule has 76 valence electrons. The van der Waals surface area contributed by atoms with Crippen molar-refractivity contribution in [2.45, 2.75) is 33.2 Å². The van der Waals surface area contributed by atoms with E-state index in [-0.39, 0.29) is 12.1 Å². The monoisotopic (exact) mass is 194 g/mol. The van der Waals surface area contributed by atoms with Gasteiger partial charge in [-0.05, 0) is 26.3 Å². The van der Waals surface area contributed by atoms with E-state index < -0.39 is 0 Å². The number of rotatable bonds is 0. The third kappa shape index (κ3) is 1.22. The van der Waals surface area contributed by atoms with Crippen molar-refractivity contribution in [3.8, 4) is 0 Å². The Morgan fingerprint density at radius 3 is 2.93 bits per heavy atom. The number of amidine groups is 1. The SMILES string of the molecule is CC1=NC(C)C(C)=C2CCOC(=O)N12. The zero-order valence-corrected chi connectivity index (χ0v) is 8.70. The van der Waals surface area contributed by atoms with Gasteiger partial charge in [-0.3, -0.25) is 4.99 Å². The van der Waals surface area contributed by atoms with Crippen molar-refractivity contribution >= 4 is 11.9 Å². The van der Waals surface area contributed by atoms with E-state index in [0.717, 1.165) is 18.0 Å². The summed E-state index contributed by atoms with van der Waals surface area (Å²) in [6, 6.07) is 0.187. The second-order valence-electron chi connectivity index (χ2n) is 3.68. The predicted octanol–water partition coefficient (Wildman–Crippen LogP) is 1.92. The number of carbonyl (C=O) groups is 1. The quantitative estimate of drug-likeness (QED) is 0.591. The summed E-state index contributed by atoms with van der Waals surface area (Å²) in [4.78, 5) is 17.4. The van der Waals surface area contributed by atoms with Crippen molar-refractivity contribution in [1.29, 1.82) is 0 Å². The van der Waals surface area contributed by atoms with Crippen LogP contribution in [-0.4, -0.2) is 29.5 Å². The summed E-state index contributed by atoms with van der Waals surface area (Å²) in [5.41, 5.74) is 2.24. The van der Waals surface area contributed by atoms with E-state index in [1.165, 1.54) is 5.57 Å². The van der Waals surface area contributed by atoms with Gasteiger partial charge >= 0.3 is 6.09 Å². The fraction of sp³-hybridized carbons (Fsp3) is 0.600.